The third-order valence-corrected chi connectivity index (χ3v) is 6.64. The van der Waals surface area contributed by atoms with Crippen molar-refractivity contribution in [3.05, 3.63) is 53.6 Å². The minimum Gasteiger partial charge on any atom is -0.405 e. The Bertz CT molecular complexity index is 1160. The van der Waals surface area contributed by atoms with Crippen molar-refractivity contribution in [3.63, 3.8) is 0 Å². The largest absolute Gasteiger partial charge is 0.573 e. The maximum atomic E-state index is 12.7. The van der Waals surface area contributed by atoms with Crippen LogP contribution in [0.1, 0.15) is 36.8 Å². The van der Waals surface area contributed by atoms with Crippen LogP contribution in [-0.4, -0.2) is 49.6 Å². The molecule has 0 aliphatic heterocycles. The number of benzene rings is 2. The van der Waals surface area contributed by atoms with Gasteiger partial charge < -0.3 is 20.3 Å². The number of alkyl halides is 3. The van der Waals surface area contributed by atoms with Crippen LogP contribution in [-0.2, 0) is 6.42 Å². The number of hydrogen-bond acceptors (Lipinski definition) is 6. The minimum atomic E-state index is -4.69. The smallest absolute Gasteiger partial charge is 0.405 e. The fraction of sp³-hybridized carbons (Fsp3) is 0.481. The average Bonchev–Trinajstić information content (AvgIpc) is 2.82. The predicted octanol–water partition coefficient (Wildman–Crippen LogP) is 5.71. The molecule has 1 fully saturated rings. The number of hydrogen-bond donors (Lipinski definition) is 2. The molecule has 194 valence electrons. The number of nitrogens with zero attached hydrogens (tertiary/aromatic N) is 3. The summed E-state index contributed by atoms with van der Waals surface area (Å²) in [5.41, 5.74) is 2.23. The molecule has 2 N–H and O–H groups in total. The topological polar surface area (TPSA) is 62.3 Å². The zero-order valence-corrected chi connectivity index (χ0v) is 21.0. The van der Waals surface area contributed by atoms with E-state index in [0.717, 1.165) is 54.5 Å². The fourth-order valence-electron chi connectivity index (χ4n) is 4.78. The molecule has 0 unspecified atom stereocenters. The highest BCUT2D eigenvalue weighted by Gasteiger charge is 2.32. The van der Waals surface area contributed by atoms with Gasteiger partial charge in [0.25, 0.3) is 0 Å². The predicted molar refractivity (Wildman–Crippen MR) is 138 cm³/mol. The standard InChI is InChI=1S/C27H34F3N5O/c1-18-8-11-20(24(16-18)36-27(28,29)30)14-15-31-17-19-9-12-21(13-10-19)32-26-33-23-7-5-4-6-22(23)25(34-26)35(2)3/h4-8,11,16,19,21,31H,9-10,12-15,17H2,1-3H3,(H,32,33,34). The van der Waals surface area contributed by atoms with Gasteiger partial charge in [0.2, 0.25) is 5.95 Å². The van der Waals surface area contributed by atoms with E-state index in [1.54, 1.807) is 13.0 Å². The van der Waals surface area contributed by atoms with Crippen LogP contribution in [0.5, 0.6) is 5.75 Å². The van der Waals surface area contributed by atoms with E-state index in [2.05, 4.69) is 15.4 Å². The summed E-state index contributed by atoms with van der Waals surface area (Å²) in [4.78, 5) is 11.5. The molecule has 36 heavy (non-hydrogen) atoms. The number of ether oxygens (including phenoxy) is 1. The number of aryl methyl sites for hydroxylation is 1. The number of aromatic nitrogens is 2. The van der Waals surface area contributed by atoms with Crippen molar-refractivity contribution in [1.29, 1.82) is 0 Å². The van der Waals surface area contributed by atoms with Crippen LogP contribution in [0.3, 0.4) is 0 Å². The van der Waals surface area contributed by atoms with Gasteiger partial charge >= 0.3 is 6.36 Å². The monoisotopic (exact) mass is 501 g/mol. The van der Waals surface area contributed by atoms with Gasteiger partial charge in [-0.15, -0.1) is 13.2 Å². The van der Waals surface area contributed by atoms with Crippen LogP contribution < -0.4 is 20.3 Å². The Morgan fingerprint density at radius 2 is 1.78 bits per heavy atom. The lowest BCUT2D eigenvalue weighted by Gasteiger charge is -2.29. The molecular formula is C27H34F3N5O. The normalized spacial score (nSPS) is 18.3. The summed E-state index contributed by atoms with van der Waals surface area (Å²) in [6.07, 6.45) is 0.00486. The maximum Gasteiger partial charge on any atom is 0.573 e. The van der Waals surface area contributed by atoms with E-state index in [1.165, 1.54) is 6.07 Å². The van der Waals surface area contributed by atoms with E-state index in [0.29, 0.717) is 36.4 Å². The molecule has 9 heteroatoms. The highest BCUT2D eigenvalue weighted by molar-refractivity contribution is 5.90. The zero-order chi connectivity index (χ0) is 25.7. The lowest BCUT2D eigenvalue weighted by atomic mass is 9.86. The van der Waals surface area contributed by atoms with E-state index in [1.807, 2.05) is 49.3 Å². The Hall–Kier alpha value is -3.07. The SMILES string of the molecule is Cc1ccc(CCNCC2CCC(Nc3nc(N(C)C)c4ccccc4n3)CC2)c(OC(F)(F)F)c1. The van der Waals surface area contributed by atoms with Crippen molar-refractivity contribution in [2.24, 2.45) is 5.92 Å². The van der Waals surface area contributed by atoms with Crippen LogP contribution >= 0.6 is 0 Å². The first kappa shape index (κ1) is 26.0. The molecule has 0 amide bonds. The summed E-state index contributed by atoms with van der Waals surface area (Å²) in [7, 11) is 3.97. The number of rotatable bonds is 9. The molecule has 4 rings (SSSR count). The molecule has 0 atom stereocenters. The Balaban J connectivity index is 1.24. The quantitative estimate of drug-likeness (QED) is 0.367. The summed E-state index contributed by atoms with van der Waals surface area (Å²) in [5.74, 6) is 2.00. The van der Waals surface area contributed by atoms with Crippen molar-refractivity contribution in [3.8, 4) is 5.75 Å². The molecular weight excluding hydrogens is 467 g/mol. The minimum absolute atomic E-state index is 0.107. The van der Waals surface area contributed by atoms with Gasteiger partial charge in [0, 0.05) is 25.5 Å². The molecule has 6 nitrogen and oxygen atoms in total. The molecule has 1 heterocycles. The molecule has 0 saturated heterocycles. The van der Waals surface area contributed by atoms with Crippen molar-refractivity contribution < 1.29 is 17.9 Å². The molecule has 0 spiro atoms. The molecule has 3 aromatic rings. The lowest BCUT2D eigenvalue weighted by Crippen LogP contribution is -2.32. The third kappa shape index (κ3) is 7.00. The Labute approximate surface area is 210 Å². The number of anilines is 2. The third-order valence-electron chi connectivity index (χ3n) is 6.64. The summed E-state index contributed by atoms with van der Waals surface area (Å²) < 4.78 is 42.4. The van der Waals surface area contributed by atoms with Gasteiger partial charge in [-0.1, -0.05) is 24.3 Å². The Morgan fingerprint density at radius 3 is 2.50 bits per heavy atom. The molecule has 0 bridgehead atoms. The van der Waals surface area contributed by atoms with E-state index in [9.17, 15) is 13.2 Å². The van der Waals surface area contributed by atoms with Crippen molar-refractivity contribution in [1.82, 2.24) is 15.3 Å². The number of fused-ring (bicyclic) bond motifs is 1. The Morgan fingerprint density at radius 1 is 1.03 bits per heavy atom. The van der Waals surface area contributed by atoms with Crippen LogP contribution in [0, 0.1) is 12.8 Å². The van der Waals surface area contributed by atoms with Gasteiger partial charge in [0.05, 0.1) is 5.52 Å². The van der Waals surface area contributed by atoms with Crippen molar-refractivity contribution in [2.45, 2.75) is 51.4 Å². The highest BCUT2D eigenvalue weighted by Crippen LogP contribution is 2.29. The van der Waals surface area contributed by atoms with Gasteiger partial charge in [-0.25, -0.2) is 4.98 Å². The van der Waals surface area contributed by atoms with E-state index in [-0.39, 0.29) is 5.75 Å². The average molecular weight is 502 g/mol. The van der Waals surface area contributed by atoms with Crippen LogP contribution in [0.25, 0.3) is 10.9 Å². The van der Waals surface area contributed by atoms with Gasteiger partial charge in [0.1, 0.15) is 11.6 Å². The van der Waals surface area contributed by atoms with E-state index < -0.39 is 6.36 Å². The van der Waals surface area contributed by atoms with Gasteiger partial charge in [-0.3, -0.25) is 0 Å². The van der Waals surface area contributed by atoms with Gasteiger partial charge in [-0.2, -0.15) is 4.98 Å². The van der Waals surface area contributed by atoms with Gasteiger partial charge in [0.15, 0.2) is 0 Å². The number of para-hydroxylation sites is 1. The zero-order valence-electron chi connectivity index (χ0n) is 21.0. The first-order valence-corrected chi connectivity index (χ1v) is 12.4. The van der Waals surface area contributed by atoms with E-state index >= 15 is 0 Å². The summed E-state index contributed by atoms with van der Waals surface area (Å²) in [5, 5.41) is 7.99. The van der Waals surface area contributed by atoms with Crippen LogP contribution in [0.15, 0.2) is 42.5 Å². The maximum absolute atomic E-state index is 12.7. The lowest BCUT2D eigenvalue weighted by molar-refractivity contribution is -0.274. The molecule has 1 saturated carbocycles. The highest BCUT2D eigenvalue weighted by atomic mass is 19.4. The first-order chi connectivity index (χ1) is 17.2. The van der Waals surface area contributed by atoms with Crippen molar-refractivity contribution in [2.75, 3.05) is 37.4 Å². The molecule has 0 radical (unpaired) electrons. The first-order valence-electron chi connectivity index (χ1n) is 12.4. The molecule has 1 aliphatic carbocycles. The summed E-state index contributed by atoms with van der Waals surface area (Å²) in [6.45, 7) is 3.21. The summed E-state index contributed by atoms with van der Waals surface area (Å²) in [6, 6.07) is 13.3. The fourth-order valence-corrected chi connectivity index (χ4v) is 4.78. The summed E-state index contributed by atoms with van der Waals surface area (Å²) >= 11 is 0. The Kier molecular flexibility index (Phi) is 8.18. The molecule has 1 aromatic heterocycles. The van der Waals surface area contributed by atoms with Crippen LogP contribution in [0.2, 0.25) is 0 Å². The molecule has 1 aliphatic rings. The second kappa shape index (κ2) is 11.3. The molecule has 2 aromatic carbocycles. The second-order valence-corrected chi connectivity index (χ2v) is 9.76. The second-order valence-electron chi connectivity index (χ2n) is 9.76. The van der Waals surface area contributed by atoms with Crippen molar-refractivity contribution >= 4 is 22.7 Å². The van der Waals surface area contributed by atoms with Gasteiger partial charge in [-0.05, 0) is 87.4 Å². The number of halogens is 3. The van der Waals surface area contributed by atoms with E-state index in [4.69, 9.17) is 9.97 Å². The number of nitrogens with one attached hydrogen (secondary N) is 2. The van der Waals surface area contributed by atoms with Crippen LogP contribution in [0.4, 0.5) is 24.9 Å².